The molecule has 0 aliphatic carbocycles. The van der Waals surface area contributed by atoms with Gasteiger partial charge in [-0.3, -0.25) is 14.5 Å². The molecule has 0 unspecified atom stereocenters. The Labute approximate surface area is 192 Å². The van der Waals surface area contributed by atoms with E-state index < -0.39 is 0 Å². The smallest absolute Gasteiger partial charge is 0.277 e. The predicted molar refractivity (Wildman–Crippen MR) is 126 cm³/mol. The van der Waals surface area contributed by atoms with Gasteiger partial charge in [-0.15, -0.1) is 0 Å². The van der Waals surface area contributed by atoms with E-state index in [2.05, 4.69) is 25.7 Å². The van der Waals surface area contributed by atoms with E-state index in [1.54, 1.807) is 0 Å². The fraction of sp³-hybridized carbons (Fsp3) is 0.615. The van der Waals surface area contributed by atoms with E-state index in [0.29, 0.717) is 43.4 Å². The van der Waals surface area contributed by atoms with Crippen molar-refractivity contribution in [1.29, 1.82) is 0 Å². The summed E-state index contributed by atoms with van der Waals surface area (Å²) in [6, 6.07) is 7.57. The number of amides is 2. The lowest BCUT2D eigenvalue weighted by Crippen LogP contribution is -2.39. The molecular weight excluding hydrogens is 404 g/mol. The zero-order valence-electron chi connectivity index (χ0n) is 19.9. The minimum absolute atomic E-state index is 0.167. The Hall–Kier alpha value is -2.34. The van der Waals surface area contributed by atoms with Crippen molar-refractivity contribution in [3.8, 4) is 5.75 Å². The second-order valence-corrected chi connectivity index (χ2v) is 8.85. The van der Waals surface area contributed by atoms with Gasteiger partial charge in [-0.1, -0.05) is 39.3 Å². The summed E-state index contributed by atoms with van der Waals surface area (Å²) in [5.74, 6) is 1.06. The van der Waals surface area contributed by atoms with E-state index in [9.17, 15) is 9.59 Å². The largest absolute Gasteiger partial charge is 0.494 e. The highest BCUT2D eigenvalue weighted by molar-refractivity contribution is 6.35. The van der Waals surface area contributed by atoms with Gasteiger partial charge >= 0.3 is 0 Å². The Balaban J connectivity index is 1.78. The minimum Gasteiger partial charge on any atom is -0.494 e. The molecule has 176 valence electrons. The van der Waals surface area contributed by atoms with Gasteiger partial charge in [-0.2, -0.15) is 0 Å². The molecule has 1 aromatic rings. The van der Waals surface area contributed by atoms with Crippen molar-refractivity contribution >= 4 is 17.4 Å². The number of piperidine rings is 1. The fourth-order valence-electron chi connectivity index (χ4n) is 4.16. The molecule has 0 saturated carbocycles. The molecule has 6 heteroatoms. The van der Waals surface area contributed by atoms with Gasteiger partial charge in [0.2, 0.25) is 0 Å². The highest BCUT2D eigenvalue weighted by atomic mass is 16.5. The van der Waals surface area contributed by atoms with Crippen molar-refractivity contribution in [2.75, 3.05) is 39.5 Å². The van der Waals surface area contributed by atoms with Gasteiger partial charge in [0.1, 0.15) is 11.4 Å². The van der Waals surface area contributed by atoms with Gasteiger partial charge in [0.05, 0.1) is 12.2 Å². The number of benzene rings is 1. The number of hydrogen-bond donors (Lipinski definition) is 0. The molecule has 1 aromatic carbocycles. The molecule has 2 aliphatic heterocycles. The van der Waals surface area contributed by atoms with Crippen LogP contribution in [0.3, 0.4) is 0 Å². The van der Waals surface area contributed by atoms with Crippen LogP contribution < -0.4 is 4.74 Å². The first-order chi connectivity index (χ1) is 15.6. The minimum atomic E-state index is -0.195. The summed E-state index contributed by atoms with van der Waals surface area (Å²) in [6.07, 6.45) is 5.79. The van der Waals surface area contributed by atoms with E-state index in [0.717, 1.165) is 63.1 Å². The third kappa shape index (κ3) is 5.91. The molecule has 0 spiro atoms. The summed E-state index contributed by atoms with van der Waals surface area (Å²) in [4.78, 5) is 30.3. The van der Waals surface area contributed by atoms with Crippen molar-refractivity contribution in [3.05, 3.63) is 35.5 Å². The molecule has 0 radical (unpaired) electrons. The molecule has 2 amide bonds. The van der Waals surface area contributed by atoms with Gasteiger partial charge in [0.25, 0.3) is 11.8 Å². The number of carbonyl (C=O) groups excluding carboxylic acids is 2. The first-order valence-electron chi connectivity index (χ1n) is 12.2. The van der Waals surface area contributed by atoms with Crippen LogP contribution in [0.4, 0.5) is 0 Å². The van der Waals surface area contributed by atoms with Crippen LogP contribution in [-0.2, 0) is 14.3 Å². The second-order valence-electron chi connectivity index (χ2n) is 8.85. The first-order valence-corrected chi connectivity index (χ1v) is 12.2. The van der Waals surface area contributed by atoms with E-state index in [-0.39, 0.29) is 11.8 Å². The molecular formula is C26H38N2O4. The molecule has 2 aliphatic rings. The third-order valence-corrected chi connectivity index (χ3v) is 6.17. The van der Waals surface area contributed by atoms with Gasteiger partial charge < -0.3 is 14.4 Å². The molecule has 3 rings (SSSR count). The molecule has 0 aromatic heterocycles. The maximum Gasteiger partial charge on any atom is 0.277 e. The summed E-state index contributed by atoms with van der Waals surface area (Å²) < 4.78 is 11.3. The lowest BCUT2D eigenvalue weighted by Gasteiger charge is -2.32. The Morgan fingerprint density at radius 2 is 1.59 bits per heavy atom. The van der Waals surface area contributed by atoms with E-state index in [1.165, 1.54) is 4.90 Å². The number of imide groups is 1. The van der Waals surface area contributed by atoms with Gasteiger partial charge in [0, 0.05) is 32.8 Å². The van der Waals surface area contributed by atoms with Crippen molar-refractivity contribution in [2.45, 2.75) is 59.3 Å². The van der Waals surface area contributed by atoms with Crippen LogP contribution in [0.5, 0.6) is 5.75 Å². The molecule has 2 heterocycles. The van der Waals surface area contributed by atoms with Crippen LogP contribution in [-0.4, -0.2) is 61.1 Å². The second kappa shape index (κ2) is 12.0. The Morgan fingerprint density at radius 1 is 0.906 bits per heavy atom. The van der Waals surface area contributed by atoms with Crippen molar-refractivity contribution in [1.82, 2.24) is 9.80 Å². The normalized spacial score (nSPS) is 17.6. The molecule has 0 bridgehead atoms. The van der Waals surface area contributed by atoms with E-state index in [1.807, 2.05) is 24.3 Å². The summed E-state index contributed by atoms with van der Waals surface area (Å²) in [5, 5.41) is 0. The fourth-order valence-corrected chi connectivity index (χ4v) is 4.16. The molecule has 0 atom stereocenters. The van der Waals surface area contributed by atoms with Crippen molar-refractivity contribution in [3.63, 3.8) is 0 Å². The highest BCUT2D eigenvalue weighted by Gasteiger charge is 2.41. The average Bonchev–Trinajstić information content (AvgIpc) is 3.05. The Morgan fingerprint density at radius 3 is 2.25 bits per heavy atom. The van der Waals surface area contributed by atoms with Crippen molar-refractivity contribution < 1.29 is 19.1 Å². The lowest BCUT2D eigenvalue weighted by molar-refractivity contribution is -0.137. The average molecular weight is 443 g/mol. The van der Waals surface area contributed by atoms with Crippen LogP contribution in [0.25, 0.3) is 5.57 Å². The molecule has 32 heavy (non-hydrogen) atoms. The van der Waals surface area contributed by atoms with Gasteiger partial charge in [-0.05, 0) is 55.7 Å². The number of rotatable bonds is 12. The van der Waals surface area contributed by atoms with Crippen molar-refractivity contribution in [2.24, 2.45) is 5.92 Å². The van der Waals surface area contributed by atoms with Crippen LogP contribution in [0.15, 0.2) is 30.0 Å². The Bertz CT molecular complexity index is 795. The number of hydrogen-bond acceptors (Lipinski definition) is 5. The first kappa shape index (κ1) is 24.3. The third-order valence-electron chi connectivity index (χ3n) is 6.17. The number of carbonyl (C=O) groups is 2. The topological polar surface area (TPSA) is 59.1 Å². The SMILES string of the molecule is CCCCOCCCN1C(=O)C(c2ccc(OCCC)cc2)=C(N2CCC(C)CC2)C1=O. The standard InChI is InChI=1S/C26H38N2O4/c1-4-6-18-31-19-7-14-28-25(29)23(21-8-10-22(11-9-21)32-17-5-2)24(26(28)30)27-15-12-20(3)13-16-27/h8-11,20H,4-7,12-19H2,1-3H3. The maximum atomic E-state index is 13.4. The van der Waals surface area contributed by atoms with Gasteiger partial charge in [0.15, 0.2) is 0 Å². The van der Waals surface area contributed by atoms with E-state index >= 15 is 0 Å². The summed E-state index contributed by atoms with van der Waals surface area (Å²) in [7, 11) is 0. The zero-order valence-corrected chi connectivity index (χ0v) is 19.9. The monoisotopic (exact) mass is 442 g/mol. The predicted octanol–water partition coefficient (Wildman–Crippen LogP) is 4.49. The van der Waals surface area contributed by atoms with Crippen LogP contribution in [0, 0.1) is 5.92 Å². The summed E-state index contributed by atoms with van der Waals surface area (Å²) in [6.45, 7) is 10.4. The quantitative estimate of drug-likeness (QED) is 0.352. The number of ether oxygens (including phenoxy) is 2. The number of nitrogens with zero attached hydrogens (tertiary/aromatic N) is 2. The van der Waals surface area contributed by atoms with Crippen LogP contribution in [0.1, 0.15) is 64.9 Å². The summed E-state index contributed by atoms with van der Waals surface area (Å²) >= 11 is 0. The van der Waals surface area contributed by atoms with E-state index in [4.69, 9.17) is 9.47 Å². The lowest BCUT2D eigenvalue weighted by atomic mass is 9.97. The van der Waals surface area contributed by atoms with Gasteiger partial charge in [-0.25, -0.2) is 0 Å². The van der Waals surface area contributed by atoms with Crippen LogP contribution in [0.2, 0.25) is 0 Å². The molecule has 1 saturated heterocycles. The zero-order chi connectivity index (χ0) is 22.9. The molecule has 0 N–H and O–H groups in total. The maximum absolute atomic E-state index is 13.4. The Kier molecular flexibility index (Phi) is 9.15. The number of unbranched alkanes of at least 4 members (excludes halogenated alkanes) is 1. The molecule has 1 fully saturated rings. The number of likely N-dealkylation sites (tertiary alicyclic amines) is 1. The highest BCUT2D eigenvalue weighted by Crippen LogP contribution is 2.34. The summed E-state index contributed by atoms with van der Waals surface area (Å²) in [5.41, 5.74) is 1.87. The molecule has 6 nitrogen and oxygen atoms in total. The van der Waals surface area contributed by atoms with Crippen LogP contribution >= 0.6 is 0 Å².